The van der Waals surface area contributed by atoms with Gasteiger partial charge in [0, 0.05) is 12.4 Å². The second-order valence-electron chi connectivity index (χ2n) is 3.78. The standard InChI is InChI=1S/C11H9ClN6/c12-11-16-9(13)8-10(17-11)18(6-15-8)5-7-2-1-3-14-4-7/h1-4,6H,5H2,(H2,13,16,17). The molecule has 6 nitrogen and oxygen atoms in total. The van der Waals surface area contributed by atoms with Crippen molar-refractivity contribution in [2.24, 2.45) is 0 Å². The molecule has 18 heavy (non-hydrogen) atoms. The van der Waals surface area contributed by atoms with Crippen LogP contribution in [0.5, 0.6) is 0 Å². The Balaban J connectivity index is 2.08. The maximum atomic E-state index is 5.80. The van der Waals surface area contributed by atoms with E-state index in [0.29, 0.717) is 17.7 Å². The number of fused-ring (bicyclic) bond motifs is 1. The Labute approximate surface area is 107 Å². The first-order valence-electron chi connectivity index (χ1n) is 5.27. The van der Waals surface area contributed by atoms with E-state index in [1.165, 1.54) is 0 Å². The van der Waals surface area contributed by atoms with Crippen molar-refractivity contribution in [1.82, 2.24) is 24.5 Å². The number of nitrogen functional groups attached to an aromatic ring is 1. The van der Waals surface area contributed by atoms with Gasteiger partial charge in [-0.25, -0.2) is 4.98 Å². The second-order valence-corrected chi connectivity index (χ2v) is 4.12. The van der Waals surface area contributed by atoms with Gasteiger partial charge in [0.1, 0.15) is 5.52 Å². The van der Waals surface area contributed by atoms with Crippen molar-refractivity contribution in [3.8, 4) is 0 Å². The van der Waals surface area contributed by atoms with Gasteiger partial charge in [-0.1, -0.05) is 6.07 Å². The lowest BCUT2D eigenvalue weighted by Crippen LogP contribution is -2.01. The normalized spacial score (nSPS) is 10.9. The highest BCUT2D eigenvalue weighted by Crippen LogP contribution is 2.18. The summed E-state index contributed by atoms with van der Waals surface area (Å²) >= 11 is 5.80. The smallest absolute Gasteiger partial charge is 0.226 e. The monoisotopic (exact) mass is 260 g/mol. The van der Waals surface area contributed by atoms with E-state index in [1.54, 1.807) is 18.7 Å². The molecule has 0 spiro atoms. The van der Waals surface area contributed by atoms with Crippen molar-refractivity contribution in [3.63, 3.8) is 0 Å². The van der Waals surface area contributed by atoms with Crippen LogP contribution >= 0.6 is 11.6 Å². The molecule has 3 aromatic heterocycles. The highest BCUT2D eigenvalue weighted by atomic mass is 35.5. The Kier molecular flexibility index (Phi) is 2.56. The number of aromatic nitrogens is 5. The molecule has 0 aromatic carbocycles. The first-order valence-corrected chi connectivity index (χ1v) is 5.64. The van der Waals surface area contributed by atoms with E-state index in [1.807, 2.05) is 16.7 Å². The van der Waals surface area contributed by atoms with Crippen LogP contribution in [0.4, 0.5) is 5.82 Å². The van der Waals surface area contributed by atoms with Gasteiger partial charge in [-0.15, -0.1) is 0 Å². The van der Waals surface area contributed by atoms with Gasteiger partial charge in [0.05, 0.1) is 12.9 Å². The third-order valence-corrected chi connectivity index (χ3v) is 2.71. The van der Waals surface area contributed by atoms with Crippen LogP contribution in [-0.2, 0) is 6.54 Å². The average molecular weight is 261 g/mol. The molecule has 7 heteroatoms. The molecule has 0 radical (unpaired) electrons. The third-order valence-electron chi connectivity index (χ3n) is 2.54. The largest absolute Gasteiger partial charge is 0.382 e. The Morgan fingerprint density at radius 1 is 1.33 bits per heavy atom. The number of hydrogen-bond acceptors (Lipinski definition) is 5. The number of nitrogens with zero attached hydrogens (tertiary/aromatic N) is 5. The number of pyridine rings is 1. The van der Waals surface area contributed by atoms with Crippen LogP contribution in [0.2, 0.25) is 5.28 Å². The molecule has 0 bridgehead atoms. The Bertz CT molecular complexity index is 693. The van der Waals surface area contributed by atoms with E-state index in [-0.39, 0.29) is 11.1 Å². The number of anilines is 1. The molecule has 3 rings (SSSR count). The van der Waals surface area contributed by atoms with Gasteiger partial charge in [0.25, 0.3) is 0 Å². The number of rotatable bonds is 2. The Hall–Kier alpha value is -2.21. The molecule has 0 saturated heterocycles. The van der Waals surface area contributed by atoms with E-state index in [4.69, 9.17) is 17.3 Å². The van der Waals surface area contributed by atoms with Crippen LogP contribution in [0, 0.1) is 0 Å². The molecule has 90 valence electrons. The topological polar surface area (TPSA) is 82.5 Å². The first kappa shape index (κ1) is 10.9. The first-order chi connectivity index (χ1) is 8.74. The summed E-state index contributed by atoms with van der Waals surface area (Å²) in [7, 11) is 0. The predicted octanol–water partition coefficient (Wildman–Crippen LogP) is 1.51. The van der Waals surface area contributed by atoms with E-state index < -0.39 is 0 Å². The fraction of sp³-hybridized carbons (Fsp3) is 0.0909. The second kappa shape index (κ2) is 4.23. The lowest BCUT2D eigenvalue weighted by Gasteiger charge is -2.03. The van der Waals surface area contributed by atoms with Gasteiger partial charge in [-0.3, -0.25) is 4.98 Å². The van der Waals surface area contributed by atoms with Gasteiger partial charge in [-0.2, -0.15) is 9.97 Å². The zero-order valence-corrected chi connectivity index (χ0v) is 10.0. The van der Waals surface area contributed by atoms with Gasteiger partial charge < -0.3 is 10.3 Å². The number of hydrogen-bond donors (Lipinski definition) is 1. The Morgan fingerprint density at radius 3 is 3.00 bits per heavy atom. The molecule has 0 saturated carbocycles. The minimum atomic E-state index is 0.118. The number of halogens is 1. The summed E-state index contributed by atoms with van der Waals surface area (Å²) in [4.78, 5) is 16.3. The van der Waals surface area contributed by atoms with Crippen LogP contribution in [-0.4, -0.2) is 24.5 Å². The summed E-state index contributed by atoms with van der Waals surface area (Å²) in [5.41, 5.74) is 7.97. The van der Waals surface area contributed by atoms with Crippen LogP contribution in [0.1, 0.15) is 5.56 Å². The van der Waals surface area contributed by atoms with Gasteiger partial charge in [0.2, 0.25) is 5.28 Å². The van der Waals surface area contributed by atoms with E-state index in [2.05, 4.69) is 19.9 Å². The highest BCUT2D eigenvalue weighted by molar-refractivity contribution is 6.28. The third kappa shape index (κ3) is 1.86. The Morgan fingerprint density at radius 2 is 2.22 bits per heavy atom. The summed E-state index contributed by atoms with van der Waals surface area (Å²) in [6, 6.07) is 3.86. The summed E-state index contributed by atoms with van der Waals surface area (Å²) in [6.07, 6.45) is 5.18. The molecule has 3 heterocycles. The van der Waals surface area contributed by atoms with Crippen LogP contribution in [0.15, 0.2) is 30.9 Å². The molecule has 0 unspecified atom stereocenters. The quantitative estimate of drug-likeness (QED) is 0.706. The van der Waals surface area contributed by atoms with E-state index in [9.17, 15) is 0 Å². The van der Waals surface area contributed by atoms with Crippen LogP contribution in [0.3, 0.4) is 0 Å². The zero-order chi connectivity index (χ0) is 12.5. The minimum absolute atomic E-state index is 0.118. The average Bonchev–Trinajstić information content (AvgIpc) is 2.74. The van der Waals surface area contributed by atoms with Crippen molar-refractivity contribution in [1.29, 1.82) is 0 Å². The molecular formula is C11H9ClN6. The highest BCUT2D eigenvalue weighted by Gasteiger charge is 2.10. The van der Waals surface area contributed by atoms with Crippen molar-refractivity contribution >= 4 is 28.6 Å². The van der Waals surface area contributed by atoms with Crippen LogP contribution < -0.4 is 5.73 Å². The molecule has 0 aliphatic heterocycles. The lowest BCUT2D eigenvalue weighted by molar-refractivity contribution is 0.809. The number of imidazole rings is 1. The van der Waals surface area contributed by atoms with E-state index >= 15 is 0 Å². The maximum Gasteiger partial charge on any atom is 0.226 e. The fourth-order valence-corrected chi connectivity index (χ4v) is 1.91. The zero-order valence-electron chi connectivity index (χ0n) is 9.29. The van der Waals surface area contributed by atoms with E-state index in [0.717, 1.165) is 5.56 Å². The molecule has 0 amide bonds. The summed E-state index contributed by atoms with van der Waals surface area (Å²) < 4.78 is 1.86. The number of nitrogens with two attached hydrogens (primary N) is 1. The molecule has 2 N–H and O–H groups in total. The molecule has 0 aliphatic rings. The lowest BCUT2D eigenvalue weighted by atomic mass is 10.3. The molecule has 0 aliphatic carbocycles. The summed E-state index contributed by atoms with van der Waals surface area (Å²) in [6.45, 7) is 0.608. The molecule has 0 fully saturated rings. The van der Waals surface area contributed by atoms with Gasteiger partial charge >= 0.3 is 0 Å². The fourth-order valence-electron chi connectivity index (χ4n) is 1.74. The van der Waals surface area contributed by atoms with Crippen molar-refractivity contribution in [2.45, 2.75) is 6.54 Å². The molecule has 3 aromatic rings. The predicted molar refractivity (Wildman–Crippen MR) is 68.1 cm³/mol. The minimum Gasteiger partial charge on any atom is -0.382 e. The van der Waals surface area contributed by atoms with Crippen molar-refractivity contribution < 1.29 is 0 Å². The van der Waals surface area contributed by atoms with Gasteiger partial charge in [0.15, 0.2) is 11.5 Å². The summed E-state index contributed by atoms with van der Waals surface area (Å²) in [5.74, 6) is 0.287. The van der Waals surface area contributed by atoms with Crippen molar-refractivity contribution in [3.05, 3.63) is 41.7 Å². The van der Waals surface area contributed by atoms with Gasteiger partial charge in [-0.05, 0) is 23.2 Å². The molecule has 0 atom stereocenters. The molecular weight excluding hydrogens is 252 g/mol. The maximum absolute atomic E-state index is 5.80. The summed E-state index contributed by atoms with van der Waals surface area (Å²) in [5, 5.41) is 0.118. The van der Waals surface area contributed by atoms with Crippen molar-refractivity contribution in [2.75, 3.05) is 5.73 Å². The SMILES string of the molecule is Nc1nc(Cl)nc2c1ncn2Cc1cccnc1. The van der Waals surface area contributed by atoms with Crippen LogP contribution in [0.25, 0.3) is 11.2 Å².